The molecule has 2 aliphatic heterocycles. The number of anilines is 1. The lowest BCUT2D eigenvalue weighted by Gasteiger charge is -2.18. The predicted octanol–water partition coefficient (Wildman–Crippen LogP) is 1.43. The number of nitrogens with zero attached hydrogens (tertiary/aromatic N) is 1. The van der Waals surface area contributed by atoms with E-state index in [1.807, 2.05) is 0 Å². The summed E-state index contributed by atoms with van der Waals surface area (Å²) in [6.07, 6.45) is 0. The first-order valence-corrected chi connectivity index (χ1v) is 9.49. The fourth-order valence-electron chi connectivity index (χ4n) is 3.35. The molecule has 150 valence electrons. The molecule has 3 aromatic rings. The maximum Gasteiger partial charge on any atom is 0.287 e. The third kappa shape index (κ3) is 3.52. The highest BCUT2D eigenvalue weighted by Crippen LogP contribution is 2.31. The first kappa shape index (κ1) is 19.6. The maximum absolute atomic E-state index is 12.5. The van der Waals surface area contributed by atoms with Gasteiger partial charge < -0.3 is 25.7 Å². The van der Waals surface area contributed by atoms with Crippen molar-refractivity contribution in [2.45, 2.75) is 19.6 Å². The van der Waals surface area contributed by atoms with Gasteiger partial charge in [0.1, 0.15) is 10.6 Å². The van der Waals surface area contributed by atoms with Crippen molar-refractivity contribution in [1.29, 1.82) is 0 Å². The summed E-state index contributed by atoms with van der Waals surface area (Å²) in [7, 11) is 0. The van der Waals surface area contributed by atoms with E-state index in [1.165, 1.54) is 11.3 Å². The molecule has 0 spiro atoms. The molecule has 4 heterocycles. The summed E-state index contributed by atoms with van der Waals surface area (Å²) >= 11 is 1.43. The number of H-pyrrole nitrogens is 1. The molecule has 0 aliphatic carbocycles. The first-order chi connectivity index (χ1) is 13.6. The zero-order valence-electron chi connectivity index (χ0n) is 15.0. The van der Waals surface area contributed by atoms with Crippen molar-refractivity contribution in [2.24, 2.45) is 0 Å². The summed E-state index contributed by atoms with van der Waals surface area (Å²) in [5.74, 6) is -0.114. The quantitative estimate of drug-likeness (QED) is 0.452. The first-order valence-electron chi connectivity index (χ1n) is 8.67. The smallest absolute Gasteiger partial charge is 0.287 e. The van der Waals surface area contributed by atoms with Gasteiger partial charge in [0.15, 0.2) is 6.61 Å². The Kier molecular flexibility index (Phi) is 5.11. The minimum absolute atomic E-state index is 0. The van der Waals surface area contributed by atoms with E-state index in [-0.39, 0.29) is 47.4 Å². The van der Waals surface area contributed by atoms with E-state index in [0.717, 1.165) is 22.5 Å². The van der Waals surface area contributed by atoms with Gasteiger partial charge in [0.2, 0.25) is 5.82 Å². The Labute approximate surface area is 178 Å². The third-order valence-corrected chi connectivity index (χ3v) is 5.80. The number of amides is 2. The van der Waals surface area contributed by atoms with Gasteiger partial charge in [-0.1, -0.05) is 6.07 Å². The third-order valence-electron chi connectivity index (χ3n) is 4.68. The number of rotatable bonds is 3. The van der Waals surface area contributed by atoms with Crippen molar-refractivity contribution >= 4 is 56.0 Å². The van der Waals surface area contributed by atoms with Crippen molar-refractivity contribution in [1.82, 2.24) is 20.6 Å². The fraction of sp³-hybridized carbons (Fsp3) is 0.222. The maximum atomic E-state index is 12.5. The van der Waals surface area contributed by atoms with Crippen LogP contribution in [-0.4, -0.2) is 28.4 Å². The highest BCUT2D eigenvalue weighted by molar-refractivity contribution is 8.93. The topological polar surface area (TPSA) is 125 Å². The number of fused-ring (bicyclic) bond motifs is 4. The van der Waals surface area contributed by atoms with Crippen LogP contribution in [-0.2, 0) is 24.4 Å². The molecule has 2 amide bonds. The van der Waals surface area contributed by atoms with Crippen LogP contribution in [0, 0.1) is 0 Å². The molecular weight excluding hydrogens is 462 g/mol. The van der Waals surface area contributed by atoms with Gasteiger partial charge in [0.25, 0.3) is 17.4 Å². The van der Waals surface area contributed by atoms with Crippen molar-refractivity contribution in [3.05, 3.63) is 50.4 Å². The number of halogens is 1. The average molecular weight is 478 g/mol. The number of hydrogen-bond acceptors (Lipinski definition) is 7. The number of thiophene rings is 1. The van der Waals surface area contributed by atoms with E-state index in [4.69, 9.17) is 4.74 Å². The van der Waals surface area contributed by atoms with Gasteiger partial charge in [-0.25, -0.2) is 4.98 Å². The van der Waals surface area contributed by atoms with Crippen molar-refractivity contribution in [3.8, 4) is 5.75 Å². The standard InChI is InChI=1S/C18H15N5O4S.BrH/c24-13-7-27-11-2-1-8(3-10(11)21-13)4-20-17(26)15-22-16(25)14-9-5-19-6-12(9)28-18(14)23-15;/h1-3,19H,4-7H2,(H,20,26)(H,21,24)(H,22,23,25);1H. The molecule has 0 radical (unpaired) electrons. The molecule has 2 aliphatic rings. The van der Waals surface area contributed by atoms with Gasteiger partial charge in [0, 0.05) is 24.5 Å². The van der Waals surface area contributed by atoms with E-state index >= 15 is 0 Å². The van der Waals surface area contributed by atoms with Gasteiger partial charge in [-0.05, 0) is 23.3 Å². The van der Waals surface area contributed by atoms with Gasteiger partial charge in [-0.15, -0.1) is 28.3 Å². The molecular formula is C18H16BrN5O4S. The second kappa shape index (κ2) is 7.58. The SMILES string of the molecule is Br.O=C1COc2ccc(CNC(=O)c3nc4sc5c(c4c(=O)[nH]3)CNC5)cc2N1. The number of hydrogen-bond donors (Lipinski definition) is 4. The Bertz CT molecular complexity index is 1200. The van der Waals surface area contributed by atoms with Crippen molar-refractivity contribution in [3.63, 3.8) is 0 Å². The Morgan fingerprint density at radius 3 is 3.00 bits per heavy atom. The zero-order valence-corrected chi connectivity index (χ0v) is 17.5. The number of nitrogens with one attached hydrogen (secondary N) is 4. The van der Waals surface area contributed by atoms with Gasteiger partial charge >= 0.3 is 0 Å². The molecule has 0 saturated heterocycles. The Morgan fingerprint density at radius 2 is 2.14 bits per heavy atom. The number of carbonyl (C=O) groups is 2. The molecule has 4 N–H and O–H groups in total. The van der Waals surface area contributed by atoms with Crippen LogP contribution >= 0.6 is 28.3 Å². The molecule has 1 aromatic carbocycles. The molecule has 29 heavy (non-hydrogen) atoms. The highest BCUT2D eigenvalue weighted by Gasteiger charge is 2.22. The van der Waals surface area contributed by atoms with Crippen LogP contribution in [0.25, 0.3) is 10.2 Å². The Morgan fingerprint density at radius 1 is 1.28 bits per heavy atom. The second-order valence-corrected chi connectivity index (χ2v) is 7.64. The van der Waals surface area contributed by atoms with Crippen LogP contribution in [0.4, 0.5) is 5.69 Å². The van der Waals surface area contributed by atoms with Crippen LogP contribution in [0.3, 0.4) is 0 Å². The molecule has 0 saturated carbocycles. The number of benzene rings is 1. The number of aromatic nitrogens is 2. The summed E-state index contributed by atoms with van der Waals surface area (Å²) in [4.78, 5) is 44.9. The molecule has 5 rings (SSSR count). The molecule has 9 nitrogen and oxygen atoms in total. The normalized spacial score (nSPS) is 14.4. The lowest BCUT2D eigenvalue weighted by Crippen LogP contribution is -2.28. The van der Waals surface area contributed by atoms with E-state index < -0.39 is 5.91 Å². The highest BCUT2D eigenvalue weighted by atomic mass is 79.9. The molecule has 0 bridgehead atoms. The minimum Gasteiger partial charge on any atom is -0.482 e. The fourth-order valence-corrected chi connectivity index (χ4v) is 4.51. The number of carbonyl (C=O) groups excluding carboxylic acids is 2. The second-order valence-electron chi connectivity index (χ2n) is 6.55. The summed E-state index contributed by atoms with van der Waals surface area (Å²) < 4.78 is 5.31. The molecule has 11 heteroatoms. The van der Waals surface area contributed by atoms with Crippen LogP contribution in [0.1, 0.15) is 26.6 Å². The van der Waals surface area contributed by atoms with Gasteiger partial charge in [-0.3, -0.25) is 14.4 Å². The summed E-state index contributed by atoms with van der Waals surface area (Å²) in [6, 6.07) is 5.28. The van der Waals surface area contributed by atoms with E-state index in [0.29, 0.717) is 28.2 Å². The molecule has 2 aromatic heterocycles. The molecule has 0 fully saturated rings. The monoisotopic (exact) mass is 477 g/mol. The lowest BCUT2D eigenvalue weighted by molar-refractivity contribution is -0.118. The van der Waals surface area contributed by atoms with E-state index in [9.17, 15) is 14.4 Å². The number of aromatic amines is 1. The largest absolute Gasteiger partial charge is 0.482 e. The predicted molar refractivity (Wildman–Crippen MR) is 113 cm³/mol. The number of ether oxygens (including phenoxy) is 1. The minimum atomic E-state index is -0.469. The van der Waals surface area contributed by atoms with E-state index in [2.05, 4.69) is 25.9 Å². The molecule has 0 unspecified atom stereocenters. The lowest BCUT2D eigenvalue weighted by atomic mass is 10.1. The summed E-state index contributed by atoms with van der Waals surface area (Å²) in [5.41, 5.74) is 2.02. The zero-order chi connectivity index (χ0) is 19.3. The van der Waals surface area contributed by atoms with Crippen LogP contribution in [0.2, 0.25) is 0 Å². The van der Waals surface area contributed by atoms with Gasteiger partial charge in [0.05, 0.1) is 11.1 Å². The van der Waals surface area contributed by atoms with Crippen molar-refractivity contribution in [2.75, 3.05) is 11.9 Å². The Hall–Kier alpha value is -2.76. The van der Waals surface area contributed by atoms with Crippen molar-refractivity contribution < 1.29 is 14.3 Å². The van der Waals surface area contributed by atoms with Crippen LogP contribution < -0.4 is 26.2 Å². The van der Waals surface area contributed by atoms with Crippen LogP contribution in [0.15, 0.2) is 23.0 Å². The van der Waals surface area contributed by atoms with E-state index in [1.54, 1.807) is 18.2 Å². The molecule has 0 atom stereocenters. The van der Waals surface area contributed by atoms with Gasteiger partial charge in [-0.2, -0.15) is 0 Å². The summed E-state index contributed by atoms with van der Waals surface area (Å²) in [5, 5.41) is 9.23. The summed E-state index contributed by atoms with van der Waals surface area (Å²) in [6.45, 7) is 1.57. The Balaban J connectivity index is 0.00000205. The van der Waals surface area contributed by atoms with Crippen LogP contribution in [0.5, 0.6) is 5.75 Å². The average Bonchev–Trinajstić information content (AvgIpc) is 3.26.